The summed E-state index contributed by atoms with van der Waals surface area (Å²) >= 11 is 0. The average Bonchev–Trinajstić information content (AvgIpc) is 3.12. The molecule has 1 heterocycles. The van der Waals surface area contributed by atoms with E-state index in [0.29, 0.717) is 5.56 Å². The summed E-state index contributed by atoms with van der Waals surface area (Å²) in [6.07, 6.45) is 1.71. The highest BCUT2D eigenvalue weighted by molar-refractivity contribution is 6.46. The van der Waals surface area contributed by atoms with Crippen molar-refractivity contribution in [3.05, 3.63) is 96.2 Å². The lowest BCUT2D eigenvalue weighted by molar-refractivity contribution is -0.114. The van der Waals surface area contributed by atoms with Crippen LogP contribution in [-0.2, 0) is 11.2 Å². The predicted molar refractivity (Wildman–Crippen MR) is 103 cm³/mol. The van der Waals surface area contributed by atoms with Gasteiger partial charge >= 0.3 is 0 Å². The van der Waals surface area contributed by atoms with E-state index >= 15 is 0 Å². The number of benzene rings is 3. The number of ketones is 2. The first kappa shape index (κ1) is 16.0. The van der Waals surface area contributed by atoms with Crippen LogP contribution in [0.2, 0.25) is 0 Å². The standard InChI is InChI=1S/C23H17NO2/c25-22(23(26)20-15-24-21-13-7-6-12-19(20)21)14-17-10-4-5-11-18(17)16-8-2-1-3-9-16/h1-13,15,24H,14H2. The second kappa shape index (κ2) is 6.81. The Morgan fingerprint density at radius 1 is 0.769 bits per heavy atom. The number of rotatable bonds is 5. The molecule has 0 bridgehead atoms. The third-order valence-corrected chi connectivity index (χ3v) is 4.54. The molecule has 0 amide bonds. The molecule has 3 aromatic carbocycles. The van der Waals surface area contributed by atoms with Crippen molar-refractivity contribution in [2.24, 2.45) is 0 Å². The first-order chi connectivity index (χ1) is 12.7. The highest BCUT2D eigenvalue weighted by atomic mass is 16.2. The van der Waals surface area contributed by atoms with Gasteiger partial charge in [0.1, 0.15) is 0 Å². The third-order valence-electron chi connectivity index (χ3n) is 4.54. The maximum absolute atomic E-state index is 12.7. The van der Waals surface area contributed by atoms with Crippen molar-refractivity contribution in [2.45, 2.75) is 6.42 Å². The van der Waals surface area contributed by atoms with E-state index in [1.807, 2.05) is 78.9 Å². The van der Waals surface area contributed by atoms with E-state index in [1.54, 1.807) is 6.20 Å². The first-order valence-corrected chi connectivity index (χ1v) is 8.51. The van der Waals surface area contributed by atoms with Gasteiger partial charge in [-0.2, -0.15) is 0 Å². The summed E-state index contributed by atoms with van der Waals surface area (Å²) in [5.41, 5.74) is 4.16. The molecule has 0 radical (unpaired) electrons. The van der Waals surface area contributed by atoms with Gasteiger partial charge in [0.2, 0.25) is 11.6 Å². The highest BCUT2D eigenvalue weighted by Gasteiger charge is 2.21. The number of fused-ring (bicyclic) bond motifs is 1. The molecule has 0 fully saturated rings. The molecule has 4 aromatic rings. The molecular formula is C23H17NO2. The topological polar surface area (TPSA) is 49.9 Å². The zero-order chi connectivity index (χ0) is 17.9. The van der Waals surface area contributed by atoms with E-state index in [9.17, 15) is 9.59 Å². The Hall–Kier alpha value is -3.46. The van der Waals surface area contributed by atoms with Gasteiger partial charge < -0.3 is 4.98 Å². The van der Waals surface area contributed by atoms with Crippen LogP contribution < -0.4 is 0 Å². The smallest absolute Gasteiger partial charge is 0.231 e. The fourth-order valence-electron chi connectivity index (χ4n) is 3.24. The Labute approximate surface area is 151 Å². The lowest BCUT2D eigenvalue weighted by Gasteiger charge is -2.09. The molecule has 0 aliphatic rings. The SMILES string of the molecule is O=C(Cc1ccccc1-c1ccccc1)C(=O)c1c[nH]c2ccccc12. The lowest BCUT2D eigenvalue weighted by atomic mass is 9.94. The summed E-state index contributed by atoms with van der Waals surface area (Å²) in [4.78, 5) is 28.4. The largest absolute Gasteiger partial charge is 0.360 e. The molecular weight excluding hydrogens is 322 g/mol. The quantitative estimate of drug-likeness (QED) is 0.418. The van der Waals surface area contributed by atoms with Crippen molar-refractivity contribution in [1.29, 1.82) is 0 Å². The van der Waals surface area contributed by atoms with Crippen molar-refractivity contribution >= 4 is 22.5 Å². The van der Waals surface area contributed by atoms with Gasteiger partial charge in [-0.25, -0.2) is 0 Å². The molecule has 0 saturated carbocycles. The fourth-order valence-corrected chi connectivity index (χ4v) is 3.24. The van der Waals surface area contributed by atoms with Crippen molar-refractivity contribution in [3.8, 4) is 11.1 Å². The molecule has 126 valence electrons. The van der Waals surface area contributed by atoms with E-state index in [1.165, 1.54) is 0 Å². The Balaban J connectivity index is 1.64. The van der Waals surface area contributed by atoms with Gasteiger partial charge in [0.15, 0.2) is 0 Å². The molecule has 0 aliphatic carbocycles. The van der Waals surface area contributed by atoms with Gasteiger partial charge in [0.25, 0.3) is 0 Å². The molecule has 3 heteroatoms. The summed E-state index contributed by atoms with van der Waals surface area (Å²) in [5, 5.41) is 0.780. The average molecular weight is 339 g/mol. The van der Waals surface area contributed by atoms with E-state index in [0.717, 1.165) is 27.6 Å². The van der Waals surface area contributed by atoms with E-state index in [4.69, 9.17) is 0 Å². The van der Waals surface area contributed by atoms with Crippen LogP contribution in [0, 0.1) is 0 Å². The van der Waals surface area contributed by atoms with Crippen molar-refractivity contribution < 1.29 is 9.59 Å². The molecule has 1 aromatic heterocycles. The third kappa shape index (κ3) is 2.95. The number of Topliss-reactive ketones (excluding diaryl/α,β-unsaturated/α-hetero) is 2. The maximum Gasteiger partial charge on any atom is 0.231 e. The highest BCUT2D eigenvalue weighted by Crippen LogP contribution is 2.25. The molecule has 4 rings (SSSR count). The lowest BCUT2D eigenvalue weighted by Crippen LogP contribution is -2.16. The number of hydrogen-bond acceptors (Lipinski definition) is 2. The number of para-hydroxylation sites is 1. The molecule has 0 aliphatic heterocycles. The number of carbonyl (C=O) groups excluding carboxylic acids is 2. The van der Waals surface area contributed by atoms with Gasteiger partial charge in [-0.15, -0.1) is 0 Å². The normalized spacial score (nSPS) is 10.8. The number of nitrogens with one attached hydrogen (secondary N) is 1. The van der Waals surface area contributed by atoms with Gasteiger partial charge in [-0.3, -0.25) is 9.59 Å². The van der Waals surface area contributed by atoms with Gasteiger partial charge in [0.05, 0.1) is 5.56 Å². The Morgan fingerprint density at radius 2 is 1.46 bits per heavy atom. The van der Waals surface area contributed by atoms with E-state index in [-0.39, 0.29) is 6.42 Å². The zero-order valence-corrected chi connectivity index (χ0v) is 14.1. The second-order valence-electron chi connectivity index (χ2n) is 6.20. The molecule has 0 spiro atoms. The van der Waals surface area contributed by atoms with Crippen LogP contribution in [0.5, 0.6) is 0 Å². The number of aromatic nitrogens is 1. The van der Waals surface area contributed by atoms with Crippen LogP contribution in [0.3, 0.4) is 0 Å². The predicted octanol–water partition coefficient (Wildman–Crippen LogP) is 4.83. The molecule has 0 saturated heterocycles. The minimum atomic E-state index is -0.453. The van der Waals surface area contributed by atoms with Gasteiger partial charge in [0, 0.05) is 23.5 Å². The maximum atomic E-state index is 12.7. The minimum Gasteiger partial charge on any atom is -0.360 e. The minimum absolute atomic E-state index is 0.0867. The van der Waals surface area contributed by atoms with Crippen LogP contribution in [0.4, 0.5) is 0 Å². The Bertz CT molecular complexity index is 1090. The van der Waals surface area contributed by atoms with Gasteiger partial charge in [-0.1, -0.05) is 72.8 Å². The van der Waals surface area contributed by atoms with E-state index in [2.05, 4.69) is 4.98 Å². The summed E-state index contributed by atoms with van der Waals surface area (Å²) < 4.78 is 0. The van der Waals surface area contributed by atoms with Crippen molar-refractivity contribution in [2.75, 3.05) is 0 Å². The monoisotopic (exact) mass is 339 g/mol. The zero-order valence-electron chi connectivity index (χ0n) is 14.1. The van der Waals surface area contributed by atoms with E-state index < -0.39 is 11.6 Å². The van der Waals surface area contributed by atoms with Gasteiger partial charge in [-0.05, 0) is 22.8 Å². The van der Waals surface area contributed by atoms with Crippen LogP contribution in [0.25, 0.3) is 22.0 Å². The van der Waals surface area contributed by atoms with Crippen molar-refractivity contribution in [1.82, 2.24) is 4.98 Å². The van der Waals surface area contributed by atoms with Crippen LogP contribution >= 0.6 is 0 Å². The molecule has 26 heavy (non-hydrogen) atoms. The fraction of sp³-hybridized carbons (Fsp3) is 0.0435. The first-order valence-electron chi connectivity index (χ1n) is 8.51. The number of hydrogen-bond donors (Lipinski definition) is 1. The Kier molecular flexibility index (Phi) is 4.20. The molecule has 1 N–H and O–H groups in total. The molecule has 0 atom stereocenters. The number of H-pyrrole nitrogens is 1. The van der Waals surface area contributed by atoms with Crippen molar-refractivity contribution in [3.63, 3.8) is 0 Å². The summed E-state index contributed by atoms with van der Waals surface area (Å²) in [6, 6.07) is 25.1. The van der Waals surface area contributed by atoms with Crippen LogP contribution in [0.1, 0.15) is 15.9 Å². The van der Waals surface area contributed by atoms with Crippen LogP contribution in [-0.4, -0.2) is 16.6 Å². The molecule has 3 nitrogen and oxygen atoms in total. The van der Waals surface area contributed by atoms with Crippen LogP contribution in [0.15, 0.2) is 85.1 Å². The molecule has 0 unspecified atom stereocenters. The number of carbonyl (C=O) groups is 2. The summed E-state index contributed by atoms with van der Waals surface area (Å²) in [5.74, 6) is -0.858. The second-order valence-corrected chi connectivity index (χ2v) is 6.20. The number of aromatic amines is 1. The summed E-state index contributed by atoms with van der Waals surface area (Å²) in [6.45, 7) is 0. The summed E-state index contributed by atoms with van der Waals surface area (Å²) in [7, 11) is 0. The Morgan fingerprint density at radius 3 is 2.31 bits per heavy atom.